The van der Waals surface area contributed by atoms with Crippen molar-refractivity contribution in [2.45, 2.75) is 71.1 Å². The highest BCUT2D eigenvalue weighted by molar-refractivity contribution is 5.83. The highest BCUT2D eigenvalue weighted by Gasteiger charge is 2.22. The standard InChI is InChI=1S/C28H36O4/c1-2-3-4-5-6-7-8-9-10-13-18-24(28(30)32-26-21-16-12-17-22-26)23-27(29)31-25-19-14-11-15-20-25/h11-22,24H,2-10,23H2,1H3. The molecule has 4 nitrogen and oxygen atoms in total. The number of carbonyl (C=O) groups excluding carboxylic acids is 2. The van der Waals surface area contributed by atoms with Crippen molar-refractivity contribution in [3.8, 4) is 11.5 Å². The number of hydrogen-bond acceptors (Lipinski definition) is 4. The normalized spacial score (nSPS) is 11.9. The van der Waals surface area contributed by atoms with Gasteiger partial charge in [-0.1, -0.05) is 100 Å². The van der Waals surface area contributed by atoms with Gasteiger partial charge in [0.15, 0.2) is 0 Å². The van der Waals surface area contributed by atoms with E-state index in [4.69, 9.17) is 9.47 Å². The van der Waals surface area contributed by atoms with Crippen LogP contribution in [0, 0.1) is 5.92 Å². The predicted octanol–water partition coefficient (Wildman–Crippen LogP) is 7.29. The number of carbonyl (C=O) groups is 2. The zero-order valence-electron chi connectivity index (χ0n) is 19.2. The van der Waals surface area contributed by atoms with Crippen LogP contribution in [0.4, 0.5) is 0 Å². The Morgan fingerprint density at radius 2 is 1.28 bits per heavy atom. The topological polar surface area (TPSA) is 52.6 Å². The molecule has 0 aliphatic heterocycles. The summed E-state index contributed by atoms with van der Waals surface area (Å²) in [5.41, 5.74) is 0. The van der Waals surface area contributed by atoms with E-state index in [0.29, 0.717) is 11.5 Å². The summed E-state index contributed by atoms with van der Waals surface area (Å²) in [6, 6.07) is 17.8. The Labute approximate surface area is 192 Å². The predicted molar refractivity (Wildman–Crippen MR) is 129 cm³/mol. The molecular formula is C28H36O4. The van der Waals surface area contributed by atoms with Gasteiger partial charge < -0.3 is 9.47 Å². The van der Waals surface area contributed by atoms with E-state index in [2.05, 4.69) is 6.92 Å². The summed E-state index contributed by atoms with van der Waals surface area (Å²) in [4.78, 5) is 25.1. The summed E-state index contributed by atoms with van der Waals surface area (Å²) in [6.45, 7) is 2.23. The minimum atomic E-state index is -0.680. The molecule has 172 valence electrons. The third kappa shape index (κ3) is 10.9. The molecule has 0 N–H and O–H groups in total. The summed E-state index contributed by atoms with van der Waals surface area (Å²) in [5.74, 6) is -0.650. The molecule has 32 heavy (non-hydrogen) atoms. The fourth-order valence-corrected chi connectivity index (χ4v) is 3.41. The molecule has 0 saturated carbocycles. The second-order valence-electron chi connectivity index (χ2n) is 8.02. The Morgan fingerprint density at radius 3 is 1.88 bits per heavy atom. The number of allylic oxidation sites excluding steroid dienone is 1. The first kappa shape index (κ1) is 25.4. The molecule has 0 aromatic heterocycles. The van der Waals surface area contributed by atoms with Crippen molar-refractivity contribution in [2.24, 2.45) is 5.92 Å². The lowest BCUT2D eigenvalue weighted by Crippen LogP contribution is -2.23. The van der Waals surface area contributed by atoms with Crippen LogP contribution in [0.5, 0.6) is 11.5 Å². The van der Waals surface area contributed by atoms with E-state index in [9.17, 15) is 9.59 Å². The van der Waals surface area contributed by atoms with E-state index in [1.54, 1.807) is 54.6 Å². The fourth-order valence-electron chi connectivity index (χ4n) is 3.41. The molecule has 0 aliphatic rings. The second-order valence-corrected chi connectivity index (χ2v) is 8.02. The van der Waals surface area contributed by atoms with E-state index >= 15 is 0 Å². The molecule has 0 saturated heterocycles. The molecule has 0 amide bonds. The van der Waals surface area contributed by atoms with Gasteiger partial charge in [0, 0.05) is 0 Å². The average Bonchev–Trinajstić information content (AvgIpc) is 2.80. The first-order valence-corrected chi connectivity index (χ1v) is 11.9. The van der Waals surface area contributed by atoms with Crippen molar-refractivity contribution in [2.75, 3.05) is 0 Å². The van der Waals surface area contributed by atoms with Crippen LogP contribution in [0.1, 0.15) is 71.1 Å². The molecule has 0 spiro atoms. The number of rotatable bonds is 15. The second kappa shape index (κ2) is 15.9. The SMILES string of the molecule is CCCCCCCCCCC=CC(CC(=O)Oc1ccccc1)C(=O)Oc1ccccc1. The largest absolute Gasteiger partial charge is 0.427 e. The Bertz CT molecular complexity index is 799. The molecule has 4 heteroatoms. The molecule has 2 rings (SSSR count). The van der Waals surface area contributed by atoms with Crippen LogP contribution in [0.3, 0.4) is 0 Å². The van der Waals surface area contributed by atoms with Crippen LogP contribution in [0.15, 0.2) is 72.8 Å². The van der Waals surface area contributed by atoms with Crippen LogP contribution in [0.2, 0.25) is 0 Å². The quantitative estimate of drug-likeness (QED) is 0.127. The monoisotopic (exact) mass is 436 g/mol. The molecular weight excluding hydrogens is 400 g/mol. The zero-order valence-corrected chi connectivity index (χ0v) is 19.2. The summed E-state index contributed by atoms with van der Waals surface area (Å²) in [5, 5.41) is 0. The number of para-hydroxylation sites is 2. The van der Waals surface area contributed by atoms with Crippen LogP contribution < -0.4 is 9.47 Å². The maximum atomic E-state index is 12.7. The molecule has 2 aromatic carbocycles. The number of benzene rings is 2. The highest BCUT2D eigenvalue weighted by atomic mass is 16.5. The molecule has 1 atom stereocenters. The minimum Gasteiger partial charge on any atom is -0.427 e. The number of ether oxygens (including phenoxy) is 2. The molecule has 0 fully saturated rings. The van der Waals surface area contributed by atoms with Gasteiger partial charge in [0.1, 0.15) is 11.5 Å². The van der Waals surface area contributed by atoms with E-state index in [1.165, 1.54) is 44.9 Å². The van der Waals surface area contributed by atoms with Crippen molar-refractivity contribution in [1.82, 2.24) is 0 Å². The number of hydrogen-bond donors (Lipinski definition) is 0. The van der Waals surface area contributed by atoms with Crippen molar-refractivity contribution in [1.29, 1.82) is 0 Å². The summed E-state index contributed by atoms with van der Waals surface area (Å²) in [6.07, 6.45) is 14.7. The minimum absolute atomic E-state index is 0.0610. The average molecular weight is 437 g/mol. The van der Waals surface area contributed by atoms with Crippen molar-refractivity contribution < 1.29 is 19.1 Å². The van der Waals surface area contributed by atoms with Gasteiger partial charge in [-0.25, -0.2) is 0 Å². The van der Waals surface area contributed by atoms with Gasteiger partial charge in [0.25, 0.3) is 0 Å². The van der Waals surface area contributed by atoms with Gasteiger partial charge in [0.05, 0.1) is 12.3 Å². The fraction of sp³-hybridized carbons (Fsp3) is 0.429. The third-order valence-electron chi connectivity index (χ3n) is 5.22. The molecule has 2 aromatic rings. The van der Waals surface area contributed by atoms with Gasteiger partial charge in [-0.05, 0) is 37.1 Å². The Balaban J connectivity index is 1.83. The molecule has 0 radical (unpaired) electrons. The number of esters is 2. The summed E-state index contributed by atoms with van der Waals surface area (Å²) in [7, 11) is 0. The molecule has 0 bridgehead atoms. The maximum absolute atomic E-state index is 12.7. The zero-order chi connectivity index (χ0) is 22.9. The van der Waals surface area contributed by atoms with Crippen LogP contribution in [0.25, 0.3) is 0 Å². The van der Waals surface area contributed by atoms with E-state index in [-0.39, 0.29) is 6.42 Å². The summed E-state index contributed by atoms with van der Waals surface area (Å²) >= 11 is 0. The van der Waals surface area contributed by atoms with Gasteiger partial charge in [0.2, 0.25) is 0 Å². The highest BCUT2D eigenvalue weighted by Crippen LogP contribution is 2.18. The summed E-state index contributed by atoms with van der Waals surface area (Å²) < 4.78 is 10.8. The van der Waals surface area contributed by atoms with E-state index < -0.39 is 17.9 Å². The Kier molecular flexibility index (Phi) is 12.6. The van der Waals surface area contributed by atoms with Crippen molar-refractivity contribution >= 4 is 11.9 Å². The lowest BCUT2D eigenvalue weighted by molar-refractivity contribution is -0.143. The first-order chi connectivity index (χ1) is 15.7. The lowest BCUT2D eigenvalue weighted by atomic mass is 10.0. The van der Waals surface area contributed by atoms with Crippen molar-refractivity contribution in [3.63, 3.8) is 0 Å². The van der Waals surface area contributed by atoms with E-state index in [1.807, 2.05) is 18.2 Å². The molecule has 1 unspecified atom stereocenters. The van der Waals surface area contributed by atoms with Crippen molar-refractivity contribution in [3.05, 3.63) is 72.8 Å². The van der Waals surface area contributed by atoms with Gasteiger partial charge >= 0.3 is 11.9 Å². The molecule has 0 heterocycles. The lowest BCUT2D eigenvalue weighted by Gasteiger charge is -2.12. The first-order valence-electron chi connectivity index (χ1n) is 11.9. The van der Waals surface area contributed by atoms with Gasteiger partial charge in [-0.3, -0.25) is 9.59 Å². The Morgan fingerprint density at radius 1 is 0.750 bits per heavy atom. The van der Waals surface area contributed by atoms with E-state index in [0.717, 1.165) is 12.8 Å². The molecule has 0 aliphatic carbocycles. The van der Waals surface area contributed by atoms with Crippen LogP contribution in [-0.2, 0) is 9.59 Å². The van der Waals surface area contributed by atoms with Crippen LogP contribution >= 0.6 is 0 Å². The van der Waals surface area contributed by atoms with Gasteiger partial charge in [-0.2, -0.15) is 0 Å². The van der Waals surface area contributed by atoms with Gasteiger partial charge in [-0.15, -0.1) is 0 Å². The number of unbranched alkanes of at least 4 members (excludes halogenated alkanes) is 8. The maximum Gasteiger partial charge on any atom is 0.318 e. The van der Waals surface area contributed by atoms with Crippen LogP contribution in [-0.4, -0.2) is 11.9 Å². The Hall–Kier alpha value is -2.88. The third-order valence-corrected chi connectivity index (χ3v) is 5.22. The smallest absolute Gasteiger partial charge is 0.318 e.